The van der Waals surface area contributed by atoms with Crippen LogP contribution < -0.4 is 0 Å². The van der Waals surface area contributed by atoms with Gasteiger partial charge in [-0.2, -0.15) is 0 Å². The van der Waals surface area contributed by atoms with Crippen molar-refractivity contribution >= 4 is 12.0 Å². The molecule has 0 aromatic heterocycles. The summed E-state index contributed by atoms with van der Waals surface area (Å²) in [5.41, 5.74) is 0. The van der Waals surface area contributed by atoms with Crippen molar-refractivity contribution in [3.05, 3.63) is 12.2 Å². The van der Waals surface area contributed by atoms with Crippen molar-refractivity contribution in [2.24, 2.45) is 5.92 Å². The Morgan fingerprint density at radius 2 is 2.05 bits per heavy atom. The van der Waals surface area contributed by atoms with Crippen LogP contribution in [0.4, 0.5) is 4.79 Å². The van der Waals surface area contributed by atoms with Crippen molar-refractivity contribution in [3.8, 4) is 0 Å². The molecule has 1 N–H and O–H groups in total. The minimum absolute atomic E-state index is 0.115. The van der Waals surface area contributed by atoms with Crippen LogP contribution in [0, 0.1) is 5.92 Å². The summed E-state index contributed by atoms with van der Waals surface area (Å²) in [6.07, 6.45) is 7.99. The minimum Gasteiger partial charge on any atom is -0.481 e. The number of amides is 2. The average molecular weight is 266 g/mol. The second-order valence-corrected chi connectivity index (χ2v) is 5.38. The molecule has 0 saturated carbocycles. The van der Waals surface area contributed by atoms with Crippen LogP contribution in [0.15, 0.2) is 12.2 Å². The van der Waals surface area contributed by atoms with Gasteiger partial charge in [0.25, 0.3) is 0 Å². The number of carbonyl (C=O) groups is 2. The zero-order chi connectivity index (χ0) is 13.7. The first kappa shape index (κ1) is 13.9. The summed E-state index contributed by atoms with van der Waals surface area (Å²) in [6, 6.07) is 0.115. The Hall–Kier alpha value is -1.52. The quantitative estimate of drug-likeness (QED) is 0.794. The number of urea groups is 1. The third kappa shape index (κ3) is 3.98. The molecule has 2 heterocycles. The Bertz CT molecular complexity index is 368. The second-order valence-electron chi connectivity index (χ2n) is 5.38. The van der Waals surface area contributed by atoms with E-state index in [1.165, 1.54) is 0 Å². The second kappa shape index (κ2) is 6.59. The molecule has 0 aromatic carbocycles. The molecule has 2 rings (SSSR count). The number of carboxylic acid groups (broad SMARTS) is 1. The van der Waals surface area contributed by atoms with Crippen LogP contribution >= 0.6 is 0 Å². The van der Waals surface area contributed by atoms with Gasteiger partial charge in [0.1, 0.15) is 0 Å². The Labute approximate surface area is 113 Å². The molecule has 0 bridgehead atoms. The Morgan fingerprint density at radius 1 is 1.21 bits per heavy atom. The molecular formula is C14H22N2O3. The lowest BCUT2D eigenvalue weighted by Gasteiger charge is -2.36. The fourth-order valence-electron chi connectivity index (χ4n) is 2.82. The number of piperidine rings is 1. The lowest BCUT2D eigenvalue weighted by molar-refractivity contribution is -0.137. The third-order valence-electron chi connectivity index (χ3n) is 3.88. The van der Waals surface area contributed by atoms with Crippen molar-refractivity contribution in [2.45, 2.75) is 32.1 Å². The van der Waals surface area contributed by atoms with Gasteiger partial charge in [0.05, 0.1) is 0 Å². The van der Waals surface area contributed by atoms with E-state index < -0.39 is 5.97 Å². The standard InChI is InChI=1S/C14H22N2O3/c17-13(18)7-6-12-5-4-10-16(11-12)14(19)15-8-2-1-3-9-15/h1-2,12H,3-11H2,(H,17,18). The van der Waals surface area contributed by atoms with E-state index in [4.69, 9.17) is 5.11 Å². The summed E-state index contributed by atoms with van der Waals surface area (Å²) in [4.78, 5) is 26.7. The number of rotatable bonds is 3. The lowest BCUT2D eigenvalue weighted by Crippen LogP contribution is -2.48. The molecule has 0 aromatic rings. The van der Waals surface area contributed by atoms with E-state index in [1.807, 2.05) is 15.9 Å². The normalized spacial score (nSPS) is 23.5. The Kier molecular flexibility index (Phi) is 4.82. The summed E-state index contributed by atoms with van der Waals surface area (Å²) >= 11 is 0. The number of hydrogen-bond donors (Lipinski definition) is 1. The first-order chi connectivity index (χ1) is 9.16. The summed E-state index contributed by atoms with van der Waals surface area (Å²) in [5, 5.41) is 8.73. The van der Waals surface area contributed by atoms with Crippen LogP contribution in [0.5, 0.6) is 0 Å². The zero-order valence-electron chi connectivity index (χ0n) is 11.3. The largest absolute Gasteiger partial charge is 0.481 e. The Balaban J connectivity index is 1.84. The van der Waals surface area contributed by atoms with Gasteiger partial charge in [0.15, 0.2) is 0 Å². The highest BCUT2D eigenvalue weighted by atomic mass is 16.4. The van der Waals surface area contributed by atoms with Gasteiger partial charge in [-0.25, -0.2) is 4.79 Å². The van der Waals surface area contributed by atoms with Gasteiger partial charge < -0.3 is 14.9 Å². The predicted molar refractivity (Wildman–Crippen MR) is 71.9 cm³/mol. The maximum Gasteiger partial charge on any atom is 0.320 e. The maximum atomic E-state index is 12.3. The van der Waals surface area contributed by atoms with Crippen LogP contribution in [-0.2, 0) is 4.79 Å². The molecule has 1 unspecified atom stereocenters. The topological polar surface area (TPSA) is 60.9 Å². The zero-order valence-corrected chi connectivity index (χ0v) is 11.3. The number of nitrogens with zero attached hydrogens (tertiary/aromatic N) is 2. The van der Waals surface area contributed by atoms with E-state index in [1.54, 1.807) is 0 Å². The highest BCUT2D eigenvalue weighted by Crippen LogP contribution is 2.22. The molecule has 1 saturated heterocycles. The van der Waals surface area contributed by atoms with Gasteiger partial charge in [-0.3, -0.25) is 4.79 Å². The van der Waals surface area contributed by atoms with Crippen molar-refractivity contribution in [3.63, 3.8) is 0 Å². The van der Waals surface area contributed by atoms with Crippen LogP contribution in [0.3, 0.4) is 0 Å². The van der Waals surface area contributed by atoms with E-state index in [-0.39, 0.29) is 12.5 Å². The van der Waals surface area contributed by atoms with E-state index >= 15 is 0 Å². The first-order valence-corrected chi connectivity index (χ1v) is 7.07. The molecule has 2 amide bonds. The molecule has 19 heavy (non-hydrogen) atoms. The van der Waals surface area contributed by atoms with Crippen LogP contribution in [0.25, 0.3) is 0 Å². The first-order valence-electron chi connectivity index (χ1n) is 7.07. The summed E-state index contributed by atoms with van der Waals surface area (Å²) < 4.78 is 0. The van der Waals surface area contributed by atoms with E-state index in [0.29, 0.717) is 25.4 Å². The molecule has 5 heteroatoms. The van der Waals surface area contributed by atoms with Crippen molar-refractivity contribution in [2.75, 3.05) is 26.2 Å². The highest BCUT2D eigenvalue weighted by molar-refractivity contribution is 5.75. The van der Waals surface area contributed by atoms with Gasteiger partial charge in [-0.05, 0) is 31.6 Å². The number of likely N-dealkylation sites (tertiary alicyclic amines) is 1. The number of carboxylic acids is 1. The van der Waals surface area contributed by atoms with E-state index in [9.17, 15) is 9.59 Å². The van der Waals surface area contributed by atoms with Gasteiger partial charge in [0, 0.05) is 32.6 Å². The number of hydrogen-bond acceptors (Lipinski definition) is 2. The summed E-state index contributed by atoms with van der Waals surface area (Å²) in [5.74, 6) is -0.404. The van der Waals surface area contributed by atoms with Crippen LogP contribution in [0.1, 0.15) is 32.1 Å². The maximum absolute atomic E-state index is 12.3. The molecule has 0 radical (unpaired) electrons. The van der Waals surface area contributed by atoms with Gasteiger partial charge in [0.2, 0.25) is 0 Å². The van der Waals surface area contributed by atoms with Crippen molar-refractivity contribution in [1.29, 1.82) is 0 Å². The third-order valence-corrected chi connectivity index (χ3v) is 3.88. The molecule has 106 valence electrons. The smallest absolute Gasteiger partial charge is 0.320 e. The highest BCUT2D eigenvalue weighted by Gasteiger charge is 2.27. The molecule has 0 spiro atoms. The fraction of sp³-hybridized carbons (Fsp3) is 0.714. The minimum atomic E-state index is -0.746. The predicted octanol–water partition coefficient (Wildman–Crippen LogP) is 1.95. The lowest BCUT2D eigenvalue weighted by atomic mass is 9.93. The monoisotopic (exact) mass is 266 g/mol. The van der Waals surface area contributed by atoms with Crippen LogP contribution in [0.2, 0.25) is 0 Å². The molecule has 2 aliphatic rings. The van der Waals surface area contributed by atoms with Crippen LogP contribution in [-0.4, -0.2) is 53.1 Å². The number of aliphatic carboxylic acids is 1. The molecule has 2 aliphatic heterocycles. The Morgan fingerprint density at radius 3 is 2.74 bits per heavy atom. The van der Waals surface area contributed by atoms with E-state index in [0.717, 1.165) is 32.4 Å². The van der Waals surface area contributed by atoms with Gasteiger partial charge in [-0.1, -0.05) is 12.2 Å². The molecular weight excluding hydrogens is 244 g/mol. The van der Waals surface area contributed by atoms with Crippen molar-refractivity contribution in [1.82, 2.24) is 9.80 Å². The SMILES string of the molecule is O=C(O)CCC1CCCN(C(=O)N2CC=CCC2)C1. The summed E-state index contributed by atoms with van der Waals surface area (Å²) in [7, 11) is 0. The van der Waals surface area contributed by atoms with Gasteiger partial charge >= 0.3 is 12.0 Å². The number of carbonyl (C=O) groups excluding carboxylic acids is 1. The summed E-state index contributed by atoms with van der Waals surface area (Å²) in [6.45, 7) is 3.02. The molecule has 0 aliphatic carbocycles. The van der Waals surface area contributed by atoms with Gasteiger partial charge in [-0.15, -0.1) is 0 Å². The van der Waals surface area contributed by atoms with E-state index in [2.05, 4.69) is 6.08 Å². The molecule has 1 fully saturated rings. The molecule has 5 nitrogen and oxygen atoms in total. The average Bonchev–Trinajstić information content (AvgIpc) is 2.45. The molecule has 1 atom stereocenters. The van der Waals surface area contributed by atoms with Crippen molar-refractivity contribution < 1.29 is 14.7 Å². The fourth-order valence-corrected chi connectivity index (χ4v) is 2.82.